The monoisotopic (exact) mass is 311 g/mol. The summed E-state index contributed by atoms with van der Waals surface area (Å²) in [5, 5.41) is 9.49. The normalized spacial score (nSPS) is 11.8. The number of nitrogens with zero attached hydrogens (tertiary/aromatic N) is 2. The van der Waals surface area contributed by atoms with Crippen LogP contribution in [0, 0.1) is 25.2 Å². The number of hydrogen-bond donors (Lipinski definition) is 0. The number of aromatic nitrogens is 1. The highest BCUT2D eigenvalue weighted by Crippen LogP contribution is 2.43. The molecule has 0 aliphatic heterocycles. The first-order valence-electron chi connectivity index (χ1n) is 8.21. The number of hydrogen-bond acceptors (Lipinski definition) is 1. The molecule has 1 aliphatic rings. The topological polar surface area (TPSA) is 27.7 Å². The summed E-state index contributed by atoms with van der Waals surface area (Å²) in [6.45, 7) is 4.28. The summed E-state index contributed by atoms with van der Waals surface area (Å²) in [6.07, 6.45) is 3.06. The SMILES string of the molecule is Cc1ccc(-c2c(C)ccc3c2Cc2cccc(C#N)c2-3)[n+](C)c1. The summed E-state index contributed by atoms with van der Waals surface area (Å²) in [5.74, 6) is 0. The summed E-state index contributed by atoms with van der Waals surface area (Å²) < 4.78 is 2.20. The van der Waals surface area contributed by atoms with Crippen molar-refractivity contribution in [3.63, 3.8) is 0 Å². The molecule has 3 aromatic rings. The second-order valence-corrected chi connectivity index (χ2v) is 6.61. The second-order valence-electron chi connectivity index (χ2n) is 6.61. The summed E-state index contributed by atoms with van der Waals surface area (Å²) in [6, 6.07) is 17.1. The first kappa shape index (κ1) is 14.7. The lowest BCUT2D eigenvalue weighted by molar-refractivity contribution is -0.660. The van der Waals surface area contributed by atoms with E-state index >= 15 is 0 Å². The van der Waals surface area contributed by atoms with Crippen molar-refractivity contribution in [1.82, 2.24) is 0 Å². The second kappa shape index (κ2) is 5.32. The largest absolute Gasteiger partial charge is 0.212 e. The van der Waals surface area contributed by atoms with Crippen molar-refractivity contribution in [3.05, 3.63) is 76.5 Å². The third-order valence-corrected chi connectivity index (χ3v) is 4.97. The van der Waals surface area contributed by atoms with Crippen LogP contribution in [0.25, 0.3) is 22.4 Å². The molecule has 0 saturated heterocycles. The van der Waals surface area contributed by atoms with Crippen molar-refractivity contribution < 1.29 is 4.57 Å². The molecule has 0 saturated carbocycles. The molecule has 1 heterocycles. The number of benzene rings is 2. The maximum Gasteiger partial charge on any atom is 0.212 e. The average molecular weight is 311 g/mol. The molecule has 116 valence electrons. The molecule has 1 aromatic heterocycles. The van der Waals surface area contributed by atoms with E-state index in [1.807, 2.05) is 12.1 Å². The molecule has 0 unspecified atom stereocenters. The van der Waals surface area contributed by atoms with Gasteiger partial charge in [0.15, 0.2) is 6.20 Å². The molecule has 0 atom stereocenters. The lowest BCUT2D eigenvalue weighted by atomic mass is 9.93. The van der Waals surface area contributed by atoms with E-state index in [1.54, 1.807) is 0 Å². The van der Waals surface area contributed by atoms with Crippen molar-refractivity contribution in [3.8, 4) is 28.5 Å². The molecule has 0 fully saturated rings. The van der Waals surface area contributed by atoms with Gasteiger partial charge in [-0.05, 0) is 54.7 Å². The fourth-order valence-corrected chi connectivity index (χ4v) is 3.89. The zero-order valence-electron chi connectivity index (χ0n) is 14.2. The van der Waals surface area contributed by atoms with E-state index in [1.165, 1.54) is 39.1 Å². The molecular weight excluding hydrogens is 292 g/mol. The van der Waals surface area contributed by atoms with Gasteiger partial charge in [0.1, 0.15) is 7.05 Å². The Labute approximate surface area is 142 Å². The lowest BCUT2D eigenvalue weighted by Gasteiger charge is -2.11. The predicted molar refractivity (Wildman–Crippen MR) is 95.5 cm³/mol. The van der Waals surface area contributed by atoms with Crippen molar-refractivity contribution >= 4 is 0 Å². The number of fused-ring (bicyclic) bond motifs is 3. The van der Waals surface area contributed by atoms with Crippen LogP contribution in [0.1, 0.15) is 27.8 Å². The standard InChI is InChI=1S/C22H19N2/c1-14-7-10-20(24(3)13-14)21-15(2)8-9-18-19(21)11-16-5-4-6-17(12-23)22(16)18/h4-10,13H,11H2,1-3H3/q+1. The van der Waals surface area contributed by atoms with Crippen LogP contribution in [-0.2, 0) is 13.5 Å². The summed E-state index contributed by atoms with van der Waals surface area (Å²) in [5.41, 5.74) is 10.7. The number of nitriles is 1. The molecule has 1 aliphatic carbocycles. The van der Waals surface area contributed by atoms with Gasteiger partial charge in [-0.3, -0.25) is 0 Å². The van der Waals surface area contributed by atoms with E-state index < -0.39 is 0 Å². The molecule has 0 amide bonds. The van der Waals surface area contributed by atoms with E-state index in [9.17, 15) is 5.26 Å². The Morgan fingerprint density at radius 1 is 1.00 bits per heavy atom. The Morgan fingerprint density at radius 2 is 1.83 bits per heavy atom. The predicted octanol–water partition coefficient (Wildman–Crippen LogP) is 4.24. The van der Waals surface area contributed by atoms with Gasteiger partial charge in [-0.2, -0.15) is 5.26 Å². The summed E-state index contributed by atoms with van der Waals surface area (Å²) >= 11 is 0. The molecule has 2 nitrogen and oxygen atoms in total. The first-order chi connectivity index (χ1) is 11.6. The third-order valence-electron chi connectivity index (χ3n) is 4.97. The van der Waals surface area contributed by atoms with Crippen LogP contribution in [0.4, 0.5) is 0 Å². The molecule has 4 rings (SSSR count). The van der Waals surface area contributed by atoms with Gasteiger partial charge < -0.3 is 0 Å². The zero-order valence-corrected chi connectivity index (χ0v) is 14.2. The van der Waals surface area contributed by atoms with Gasteiger partial charge in [0.25, 0.3) is 0 Å². The summed E-state index contributed by atoms with van der Waals surface area (Å²) in [7, 11) is 2.10. The zero-order chi connectivity index (χ0) is 16.8. The number of pyridine rings is 1. The summed E-state index contributed by atoms with van der Waals surface area (Å²) in [4.78, 5) is 0. The third kappa shape index (κ3) is 2.06. The minimum absolute atomic E-state index is 0.773. The van der Waals surface area contributed by atoms with Crippen LogP contribution in [0.5, 0.6) is 0 Å². The quantitative estimate of drug-likeness (QED) is 0.483. The van der Waals surface area contributed by atoms with E-state index in [0.717, 1.165) is 17.5 Å². The maximum atomic E-state index is 9.49. The van der Waals surface area contributed by atoms with Gasteiger partial charge in [-0.25, -0.2) is 4.57 Å². The van der Waals surface area contributed by atoms with E-state index in [2.05, 4.69) is 68.1 Å². The van der Waals surface area contributed by atoms with E-state index in [4.69, 9.17) is 0 Å². The van der Waals surface area contributed by atoms with Gasteiger partial charge in [0.05, 0.1) is 17.2 Å². The smallest absolute Gasteiger partial charge is 0.201 e. The molecule has 0 N–H and O–H groups in total. The van der Waals surface area contributed by atoms with Gasteiger partial charge in [0.2, 0.25) is 5.69 Å². The van der Waals surface area contributed by atoms with Crippen molar-refractivity contribution in [2.45, 2.75) is 20.3 Å². The Morgan fingerprint density at radius 3 is 2.58 bits per heavy atom. The van der Waals surface area contributed by atoms with E-state index in [-0.39, 0.29) is 0 Å². The van der Waals surface area contributed by atoms with Gasteiger partial charge >= 0.3 is 0 Å². The molecule has 0 spiro atoms. The highest BCUT2D eigenvalue weighted by Gasteiger charge is 2.27. The molecule has 2 heteroatoms. The lowest BCUT2D eigenvalue weighted by Crippen LogP contribution is -2.31. The van der Waals surface area contributed by atoms with Crippen LogP contribution in [-0.4, -0.2) is 0 Å². The number of rotatable bonds is 1. The minimum atomic E-state index is 0.773. The Hall–Kier alpha value is -2.92. The minimum Gasteiger partial charge on any atom is -0.201 e. The fourth-order valence-electron chi connectivity index (χ4n) is 3.89. The average Bonchev–Trinajstić information content (AvgIpc) is 2.94. The number of aryl methyl sites for hydroxylation is 3. The fraction of sp³-hybridized carbons (Fsp3) is 0.182. The molecule has 24 heavy (non-hydrogen) atoms. The van der Waals surface area contributed by atoms with Crippen LogP contribution in [0.3, 0.4) is 0 Å². The Bertz CT molecular complexity index is 1020. The molecule has 0 bridgehead atoms. The highest BCUT2D eigenvalue weighted by molar-refractivity contribution is 5.87. The van der Waals surface area contributed by atoms with Crippen LogP contribution < -0.4 is 4.57 Å². The van der Waals surface area contributed by atoms with Crippen LogP contribution >= 0.6 is 0 Å². The van der Waals surface area contributed by atoms with Crippen LogP contribution in [0.2, 0.25) is 0 Å². The highest BCUT2D eigenvalue weighted by atomic mass is 14.9. The molecule has 0 radical (unpaired) electrons. The maximum absolute atomic E-state index is 9.49. The van der Waals surface area contributed by atoms with Crippen molar-refractivity contribution in [1.29, 1.82) is 5.26 Å². The molecular formula is C22H19N2+. The Kier molecular flexibility index (Phi) is 3.25. The first-order valence-corrected chi connectivity index (χ1v) is 8.21. The molecule has 2 aromatic carbocycles. The van der Waals surface area contributed by atoms with Gasteiger partial charge in [-0.1, -0.05) is 24.3 Å². The van der Waals surface area contributed by atoms with Crippen LogP contribution in [0.15, 0.2) is 48.7 Å². The van der Waals surface area contributed by atoms with Gasteiger partial charge in [0, 0.05) is 17.2 Å². The van der Waals surface area contributed by atoms with Crippen molar-refractivity contribution in [2.75, 3.05) is 0 Å². The van der Waals surface area contributed by atoms with E-state index in [0.29, 0.717) is 0 Å². The van der Waals surface area contributed by atoms with Gasteiger partial charge in [-0.15, -0.1) is 0 Å². The van der Waals surface area contributed by atoms with Crippen molar-refractivity contribution in [2.24, 2.45) is 7.05 Å². The Balaban J connectivity index is 2.02.